The molecule has 2 aliphatic rings. The molecule has 1 N–H and O–H groups in total. The van der Waals surface area contributed by atoms with Crippen LogP contribution in [-0.2, 0) is 57.4 Å². The lowest BCUT2D eigenvalue weighted by Gasteiger charge is -2.47. The molecular weight excluding hydrogens is 893 g/mol. The van der Waals surface area contributed by atoms with Crippen molar-refractivity contribution in [2.24, 2.45) is 16.7 Å². The van der Waals surface area contributed by atoms with Crippen molar-refractivity contribution >= 4 is 16.4 Å². The van der Waals surface area contributed by atoms with Crippen molar-refractivity contribution in [3.63, 3.8) is 0 Å². The Hall–Kier alpha value is -3.35. The van der Waals surface area contributed by atoms with Crippen LogP contribution in [0.2, 0.25) is 43.8 Å². The molecule has 68 heavy (non-hydrogen) atoms. The maximum absolute atomic E-state index is 13.8. The molecule has 2 aliphatic carbocycles. The summed E-state index contributed by atoms with van der Waals surface area (Å²) in [6.45, 7) is 25.2. The number of benzene rings is 3. The van der Waals surface area contributed by atoms with Gasteiger partial charge in [0.05, 0.1) is 79.4 Å². The molecular formula is C55H84O11Si2. The highest BCUT2D eigenvalue weighted by Crippen LogP contribution is 2.71. The van der Waals surface area contributed by atoms with E-state index in [1.54, 1.807) is 21.3 Å². The fourth-order valence-electron chi connectivity index (χ4n) is 9.33. The molecule has 2 fully saturated rings. The number of hydrogen-bond donors (Lipinski definition) is 1. The second-order valence-corrected chi connectivity index (χ2v) is 32.3. The first-order chi connectivity index (χ1) is 32.2. The van der Waals surface area contributed by atoms with Gasteiger partial charge in [-0.25, -0.2) is 0 Å². The zero-order chi connectivity index (χ0) is 49.7. The van der Waals surface area contributed by atoms with E-state index in [-0.39, 0.29) is 50.8 Å². The molecule has 3 aromatic carbocycles. The van der Waals surface area contributed by atoms with Crippen LogP contribution in [0.1, 0.15) is 64.2 Å². The van der Waals surface area contributed by atoms with Gasteiger partial charge in [-0.15, -0.1) is 0 Å². The Balaban J connectivity index is 1.69. The number of ether oxygens (including phenoxy) is 9. The molecule has 0 aliphatic heterocycles. The van der Waals surface area contributed by atoms with Crippen LogP contribution in [0.25, 0.3) is 0 Å². The first kappa shape index (κ1) is 55.6. The fourth-order valence-corrected chi connectivity index (χ4v) is 11.1. The van der Waals surface area contributed by atoms with Crippen LogP contribution in [0.5, 0.6) is 11.5 Å². The molecule has 0 saturated heterocycles. The van der Waals surface area contributed by atoms with E-state index in [4.69, 9.17) is 47.1 Å². The number of fused-ring (bicyclic) bond motifs is 2. The molecule has 3 aromatic rings. The minimum atomic E-state index is -2.36. The summed E-state index contributed by atoms with van der Waals surface area (Å²) in [6, 6.07) is 26.9. The van der Waals surface area contributed by atoms with Crippen molar-refractivity contribution in [1.29, 1.82) is 0 Å². The van der Waals surface area contributed by atoms with Crippen LogP contribution in [0.15, 0.2) is 103 Å². The molecule has 0 radical (unpaired) electrons. The molecule has 0 unspecified atom stereocenters. The molecule has 0 amide bonds. The van der Waals surface area contributed by atoms with Crippen molar-refractivity contribution < 1.29 is 52.2 Å². The zero-order valence-corrected chi connectivity index (χ0v) is 45.6. The third-order valence-corrected chi connectivity index (χ3v) is 21.1. The van der Waals surface area contributed by atoms with Crippen LogP contribution in [0, 0.1) is 16.7 Å². The monoisotopic (exact) mass is 977 g/mol. The first-order valence-corrected chi connectivity index (χ1v) is 30.9. The van der Waals surface area contributed by atoms with Gasteiger partial charge < -0.3 is 52.2 Å². The quantitative estimate of drug-likeness (QED) is 0.0236. The predicted octanol–water partition coefficient (Wildman–Crippen LogP) is 11.4. The molecule has 5 rings (SSSR count). The SMILES string of the molecule is COCCOCO[C@H]1[C@H]2CC[C@@](/C=C\OCC[Si](C)(C)C)(C2(C)C)[C@]1(O)/C=C\[C@@](COCc1ccc(OC)cc1)(OCc1ccccc1)[C@@H](CO[Si](C)(C)C(C)(C)C)OCc1ccc(OC)cc1. The van der Waals surface area contributed by atoms with Gasteiger partial charge in [0.1, 0.15) is 35.6 Å². The average molecular weight is 977 g/mol. The Bertz CT molecular complexity index is 2010. The highest BCUT2D eigenvalue weighted by Gasteiger charge is 2.74. The smallest absolute Gasteiger partial charge is 0.192 e. The van der Waals surface area contributed by atoms with Crippen molar-refractivity contribution in [2.45, 2.75) is 135 Å². The summed E-state index contributed by atoms with van der Waals surface area (Å²) in [7, 11) is 1.25. The summed E-state index contributed by atoms with van der Waals surface area (Å²) < 4.78 is 63.5. The maximum atomic E-state index is 13.8. The number of aliphatic hydroxyl groups is 1. The van der Waals surface area contributed by atoms with E-state index in [9.17, 15) is 5.11 Å². The minimum Gasteiger partial charge on any atom is -0.502 e. The van der Waals surface area contributed by atoms with Gasteiger partial charge in [0.2, 0.25) is 0 Å². The van der Waals surface area contributed by atoms with Gasteiger partial charge in [0.15, 0.2) is 8.32 Å². The Kier molecular flexibility index (Phi) is 19.8. The van der Waals surface area contributed by atoms with E-state index in [1.807, 2.05) is 97.3 Å². The second-order valence-electron chi connectivity index (χ2n) is 21.9. The minimum absolute atomic E-state index is 0.00215. The van der Waals surface area contributed by atoms with E-state index < -0.39 is 50.6 Å². The Morgan fingerprint density at radius 1 is 0.750 bits per heavy atom. The van der Waals surface area contributed by atoms with Crippen molar-refractivity contribution in [3.8, 4) is 11.5 Å². The summed E-state index contributed by atoms with van der Waals surface area (Å²) in [6.07, 6.45) is 8.09. The lowest BCUT2D eigenvalue weighted by molar-refractivity contribution is -0.181. The van der Waals surface area contributed by atoms with Crippen molar-refractivity contribution in [3.05, 3.63) is 120 Å². The molecule has 11 nitrogen and oxygen atoms in total. The summed E-state index contributed by atoms with van der Waals surface area (Å²) in [5.74, 6) is 1.51. The van der Waals surface area contributed by atoms with E-state index in [1.165, 1.54) is 0 Å². The lowest BCUT2D eigenvalue weighted by Crippen LogP contribution is -2.56. The van der Waals surface area contributed by atoms with E-state index in [0.717, 1.165) is 47.1 Å². The van der Waals surface area contributed by atoms with E-state index in [0.29, 0.717) is 19.8 Å². The van der Waals surface area contributed by atoms with Gasteiger partial charge in [-0.3, -0.25) is 0 Å². The van der Waals surface area contributed by atoms with Crippen molar-refractivity contribution in [2.75, 3.05) is 61.2 Å². The third-order valence-electron chi connectivity index (χ3n) is 14.9. The van der Waals surface area contributed by atoms with Gasteiger partial charge in [-0.2, -0.15) is 0 Å². The molecule has 2 bridgehead atoms. The molecule has 0 spiro atoms. The van der Waals surface area contributed by atoms with Gasteiger partial charge in [-0.1, -0.05) is 115 Å². The lowest BCUT2D eigenvalue weighted by atomic mass is 9.62. The molecule has 378 valence electrons. The predicted molar refractivity (Wildman–Crippen MR) is 275 cm³/mol. The molecule has 0 heterocycles. The van der Waals surface area contributed by atoms with Gasteiger partial charge in [-0.05, 0) is 101 Å². The number of rotatable bonds is 29. The Morgan fingerprint density at radius 3 is 1.96 bits per heavy atom. The highest BCUT2D eigenvalue weighted by atomic mass is 28.4. The van der Waals surface area contributed by atoms with Gasteiger partial charge in [0, 0.05) is 20.6 Å². The molecule has 2 saturated carbocycles. The third kappa shape index (κ3) is 13.7. The second kappa shape index (κ2) is 24.2. The maximum Gasteiger partial charge on any atom is 0.192 e. The molecule has 0 aromatic heterocycles. The topological polar surface area (TPSA) is 113 Å². The Labute approximate surface area is 410 Å². The van der Waals surface area contributed by atoms with Crippen molar-refractivity contribution in [1.82, 2.24) is 0 Å². The van der Waals surface area contributed by atoms with Crippen LogP contribution in [-0.4, -0.2) is 106 Å². The fraction of sp³-hybridized carbons (Fsp3) is 0.600. The zero-order valence-electron chi connectivity index (χ0n) is 43.6. The van der Waals surface area contributed by atoms with E-state index >= 15 is 0 Å². The van der Waals surface area contributed by atoms with E-state index in [2.05, 4.69) is 73.4 Å². The molecule has 6 atom stereocenters. The molecule has 13 heteroatoms. The number of hydrogen-bond acceptors (Lipinski definition) is 11. The van der Waals surface area contributed by atoms with Crippen LogP contribution < -0.4 is 9.47 Å². The number of methoxy groups -OCH3 is 3. The Morgan fingerprint density at radius 2 is 1.37 bits per heavy atom. The standard InChI is InChI=1S/C55H84O11Si2/c1-51(2,3)68(12,13)66-40-49(63-38-45-21-25-47(59-8)26-22-45)53(65-39-43-17-15-14-16-18-43,41-62-37-44-19-23-46(58-7)24-20-44)29-30-55(56)50(64-42-61-34-33-57-6)48-27-28-54(55,52(48,4)5)31-32-60-35-36-67(9,10)11/h14-26,29-32,48-50,56H,27-28,33-42H2,1-13H3/b30-29-,32-31-/t48-,49-,50+,53+,54-,55+/m1/s1. The first-order valence-electron chi connectivity index (χ1n) is 24.3. The van der Waals surface area contributed by atoms with Gasteiger partial charge in [0.25, 0.3) is 0 Å². The summed E-state index contributed by atoms with van der Waals surface area (Å²) >= 11 is 0. The summed E-state index contributed by atoms with van der Waals surface area (Å²) in [5, 5.41) is 13.8. The normalized spacial score (nSPS) is 23.0. The average Bonchev–Trinajstić information content (AvgIpc) is 3.64. The summed E-state index contributed by atoms with van der Waals surface area (Å²) in [5.41, 5.74) is -1.17. The summed E-state index contributed by atoms with van der Waals surface area (Å²) in [4.78, 5) is 0. The van der Waals surface area contributed by atoms with Crippen LogP contribution in [0.3, 0.4) is 0 Å². The van der Waals surface area contributed by atoms with Crippen LogP contribution >= 0.6 is 0 Å². The van der Waals surface area contributed by atoms with Crippen LogP contribution in [0.4, 0.5) is 0 Å². The largest absolute Gasteiger partial charge is 0.502 e. The van der Waals surface area contributed by atoms with Gasteiger partial charge >= 0.3 is 0 Å². The highest BCUT2D eigenvalue weighted by molar-refractivity contribution is 6.76.